The van der Waals surface area contributed by atoms with Gasteiger partial charge in [0.25, 0.3) is 10.1 Å². The summed E-state index contributed by atoms with van der Waals surface area (Å²) >= 11 is 0. The van der Waals surface area contributed by atoms with Gasteiger partial charge in [-0.05, 0) is 25.0 Å². The SMILES string of the molecule is Cc1ccc(S(=O)(=O)O)cc1.N#CCC1CNC1. The van der Waals surface area contributed by atoms with Crippen LogP contribution in [0.15, 0.2) is 29.2 Å². The van der Waals surface area contributed by atoms with Crippen LogP contribution in [0.1, 0.15) is 12.0 Å². The number of hydrogen-bond acceptors (Lipinski definition) is 4. The Hall–Kier alpha value is -1.42. The first kappa shape index (κ1) is 14.6. The van der Waals surface area contributed by atoms with Crippen LogP contribution in [0, 0.1) is 24.2 Å². The zero-order valence-corrected chi connectivity index (χ0v) is 10.9. The molecule has 0 amide bonds. The van der Waals surface area contributed by atoms with Crippen molar-refractivity contribution in [3.05, 3.63) is 29.8 Å². The van der Waals surface area contributed by atoms with Crippen molar-refractivity contribution < 1.29 is 13.0 Å². The Morgan fingerprint density at radius 3 is 2.22 bits per heavy atom. The summed E-state index contributed by atoms with van der Waals surface area (Å²) in [6.45, 7) is 3.94. The minimum Gasteiger partial charge on any atom is -0.316 e. The zero-order valence-electron chi connectivity index (χ0n) is 10.1. The van der Waals surface area contributed by atoms with Crippen molar-refractivity contribution in [3.63, 3.8) is 0 Å². The van der Waals surface area contributed by atoms with E-state index in [1.807, 2.05) is 6.92 Å². The molecule has 0 atom stereocenters. The maximum Gasteiger partial charge on any atom is 0.294 e. The van der Waals surface area contributed by atoms with Crippen molar-refractivity contribution in [1.29, 1.82) is 5.26 Å². The predicted octanol–water partition coefficient (Wildman–Crippen LogP) is 1.36. The van der Waals surface area contributed by atoms with Gasteiger partial charge in [0.05, 0.1) is 11.0 Å². The highest BCUT2D eigenvalue weighted by atomic mass is 32.2. The lowest BCUT2D eigenvalue weighted by atomic mass is 10.0. The molecule has 1 aliphatic rings. The fourth-order valence-electron chi connectivity index (χ4n) is 1.33. The van der Waals surface area contributed by atoms with E-state index in [-0.39, 0.29) is 4.90 Å². The lowest BCUT2D eigenvalue weighted by Crippen LogP contribution is -2.41. The Balaban J connectivity index is 0.000000199. The van der Waals surface area contributed by atoms with Gasteiger partial charge in [-0.2, -0.15) is 13.7 Å². The molecule has 5 nitrogen and oxygen atoms in total. The normalized spacial score (nSPS) is 14.9. The molecule has 2 rings (SSSR count). The van der Waals surface area contributed by atoms with E-state index >= 15 is 0 Å². The van der Waals surface area contributed by atoms with Crippen LogP contribution in [0.5, 0.6) is 0 Å². The van der Waals surface area contributed by atoms with Gasteiger partial charge in [-0.3, -0.25) is 4.55 Å². The summed E-state index contributed by atoms with van der Waals surface area (Å²) in [5.41, 5.74) is 0.956. The first-order chi connectivity index (χ1) is 8.43. The Bertz CT molecular complexity index is 513. The van der Waals surface area contributed by atoms with Crippen LogP contribution in [-0.2, 0) is 10.1 Å². The lowest BCUT2D eigenvalue weighted by Gasteiger charge is -2.23. The molecule has 0 aromatic heterocycles. The first-order valence-electron chi connectivity index (χ1n) is 5.55. The van der Waals surface area contributed by atoms with E-state index in [1.54, 1.807) is 12.1 Å². The van der Waals surface area contributed by atoms with E-state index in [4.69, 9.17) is 9.81 Å². The highest BCUT2D eigenvalue weighted by Gasteiger charge is 2.14. The molecule has 0 aliphatic carbocycles. The Labute approximate surface area is 107 Å². The second-order valence-electron chi connectivity index (χ2n) is 4.17. The summed E-state index contributed by atoms with van der Waals surface area (Å²) in [4.78, 5) is -0.0666. The molecule has 0 bridgehead atoms. The zero-order chi connectivity index (χ0) is 13.6. The lowest BCUT2D eigenvalue weighted by molar-refractivity contribution is 0.355. The van der Waals surface area contributed by atoms with Crippen molar-refractivity contribution in [1.82, 2.24) is 5.32 Å². The Kier molecular flexibility index (Phi) is 5.28. The van der Waals surface area contributed by atoms with Crippen molar-refractivity contribution >= 4 is 10.1 Å². The van der Waals surface area contributed by atoms with E-state index in [2.05, 4.69) is 11.4 Å². The molecule has 2 N–H and O–H groups in total. The fraction of sp³-hybridized carbons (Fsp3) is 0.417. The molecule has 0 radical (unpaired) electrons. The third kappa shape index (κ3) is 4.84. The molecule has 18 heavy (non-hydrogen) atoms. The molecule has 1 aromatic rings. The molecule has 1 heterocycles. The van der Waals surface area contributed by atoms with E-state index in [1.165, 1.54) is 12.1 Å². The first-order valence-corrected chi connectivity index (χ1v) is 6.99. The second-order valence-corrected chi connectivity index (χ2v) is 5.60. The van der Waals surface area contributed by atoms with Crippen LogP contribution < -0.4 is 5.32 Å². The number of nitrogens with one attached hydrogen (secondary N) is 1. The van der Waals surface area contributed by atoms with E-state index in [0.29, 0.717) is 5.92 Å². The van der Waals surface area contributed by atoms with Crippen LogP contribution >= 0.6 is 0 Å². The van der Waals surface area contributed by atoms with Crippen molar-refractivity contribution in [3.8, 4) is 6.07 Å². The summed E-state index contributed by atoms with van der Waals surface area (Å²) in [5, 5.41) is 11.2. The molecule has 6 heteroatoms. The molecule has 1 saturated heterocycles. The smallest absolute Gasteiger partial charge is 0.294 e. The van der Waals surface area contributed by atoms with Crippen molar-refractivity contribution in [2.45, 2.75) is 18.2 Å². The van der Waals surface area contributed by atoms with Gasteiger partial charge in [0.2, 0.25) is 0 Å². The third-order valence-corrected chi connectivity index (χ3v) is 3.43. The predicted molar refractivity (Wildman–Crippen MR) is 67.6 cm³/mol. The average molecular weight is 268 g/mol. The van der Waals surface area contributed by atoms with Gasteiger partial charge in [-0.15, -0.1) is 0 Å². The summed E-state index contributed by atoms with van der Waals surface area (Å²) in [6, 6.07) is 8.12. The standard InChI is InChI=1S/C7H8O3S.C5H8N2/c1-6-2-4-7(5-3-6)11(8,9)10;6-2-1-5-3-7-4-5/h2-5H,1H3,(H,8,9,10);5,7H,1,3-4H2. The number of nitrogens with zero attached hydrogens (tertiary/aromatic N) is 1. The minimum absolute atomic E-state index is 0.0666. The highest BCUT2D eigenvalue weighted by molar-refractivity contribution is 7.85. The summed E-state index contributed by atoms with van der Waals surface area (Å²) in [6.07, 6.45) is 0.729. The van der Waals surface area contributed by atoms with Gasteiger partial charge in [-0.1, -0.05) is 17.7 Å². The Morgan fingerprint density at radius 1 is 1.39 bits per heavy atom. The molecular weight excluding hydrogens is 252 g/mol. The van der Waals surface area contributed by atoms with Crippen LogP contribution in [0.25, 0.3) is 0 Å². The molecule has 0 spiro atoms. The molecule has 0 unspecified atom stereocenters. The van der Waals surface area contributed by atoms with E-state index in [0.717, 1.165) is 25.1 Å². The van der Waals surface area contributed by atoms with Crippen molar-refractivity contribution in [2.75, 3.05) is 13.1 Å². The average Bonchev–Trinajstić information content (AvgIpc) is 2.24. The number of hydrogen-bond donors (Lipinski definition) is 2. The van der Waals surface area contributed by atoms with Gasteiger partial charge < -0.3 is 5.32 Å². The fourth-order valence-corrected chi connectivity index (χ4v) is 1.81. The van der Waals surface area contributed by atoms with Gasteiger partial charge in [0.15, 0.2) is 0 Å². The maximum atomic E-state index is 10.5. The number of aryl methyl sites for hydroxylation is 1. The minimum atomic E-state index is -4.02. The van der Waals surface area contributed by atoms with Gasteiger partial charge >= 0.3 is 0 Å². The van der Waals surface area contributed by atoms with Crippen LogP contribution in [0.4, 0.5) is 0 Å². The van der Waals surface area contributed by atoms with Crippen molar-refractivity contribution in [2.24, 2.45) is 5.92 Å². The van der Waals surface area contributed by atoms with Crippen LogP contribution in [0.2, 0.25) is 0 Å². The second kappa shape index (κ2) is 6.50. The van der Waals surface area contributed by atoms with E-state index in [9.17, 15) is 8.42 Å². The number of rotatable bonds is 2. The Morgan fingerprint density at radius 2 is 1.94 bits per heavy atom. The van der Waals surface area contributed by atoms with Crippen LogP contribution in [-0.4, -0.2) is 26.1 Å². The number of benzene rings is 1. The maximum absolute atomic E-state index is 10.5. The molecule has 1 fully saturated rings. The summed E-state index contributed by atoms with van der Waals surface area (Å²) in [7, 11) is -4.02. The van der Waals surface area contributed by atoms with Crippen LogP contribution in [0.3, 0.4) is 0 Å². The highest BCUT2D eigenvalue weighted by Crippen LogP contribution is 2.08. The van der Waals surface area contributed by atoms with Gasteiger partial charge in [0, 0.05) is 19.5 Å². The largest absolute Gasteiger partial charge is 0.316 e. The third-order valence-electron chi connectivity index (χ3n) is 2.56. The monoisotopic (exact) mass is 268 g/mol. The van der Waals surface area contributed by atoms with Gasteiger partial charge in [0.1, 0.15) is 0 Å². The summed E-state index contributed by atoms with van der Waals surface area (Å²) in [5.74, 6) is 0.657. The molecule has 1 aromatic carbocycles. The number of nitriles is 1. The molecule has 1 aliphatic heterocycles. The molecule has 98 valence electrons. The van der Waals surface area contributed by atoms with E-state index < -0.39 is 10.1 Å². The molecule has 0 saturated carbocycles. The quantitative estimate of drug-likeness (QED) is 0.790. The van der Waals surface area contributed by atoms with Gasteiger partial charge in [-0.25, -0.2) is 0 Å². The topological polar surface area (TPSA) is 90.2 Å². The summed E-state index contributed by atoms with van der Waals surface area (Å²) < 4.78 is 29.6. The molecular formula is C12H16N2O3S.